The SMILES string of the molecule is CNCc1cc(C)nc(Oc2c(C)ccc(C)c2C)c1. The first-order valence-corrected chi connectivity index (χ1v) is 6.88. The number of nitrogens with one attached hydrogen (secondary N) is 1. The predicted octanol–water partition coefficient (Wildman–Crippen LogP) is 3.83. The summed E-state index contributed by atoms with van der Waals surface area (Å²) in [6.45, 7) is 9.04. The van der Waals surface area contributed by atoms with Crippen LogP contribution in [0.2, 0.25) is 0 Å². The molecule has 106 valence electrons. The van der Waals surface area contributed by atoms with Gasteiger partial charge in [-0.25, -0.2) is 4.98 Å². The van der Waals surface area contributed by atoms with Gasteiger partial charge in [0, 0.05) is 18.3 Å². The van der Waals surface area contributed by atoms with Crippen molar-refractivity contribution in [1.82, 2.24) is 10.3 Å². The molecule has 0 aliphatic rings. The minimum absolute atomic E-state index is 0.659. The molecule has 0 bridgehead atoms. The van der Waals surface area contributed by atoms with Crippen molar-refractivity contribution in [3.05, 3.63) is 52.2 Å². The van der Waals surface area contributed by atoms with Crippen LogP contribution in [0.3, 0.4) is 0 Å². The van der Waals surface area contributed by atoms with Crippen molar-refractivity contribution in [2.75, 3.05) is 7.05 Å². The summed E-state index contributed by atoms with van der Waals surface area (Å²) in [7, 11) is 1.94. The molecule has 0 aliphatic heterocycles. The smallest absolute Gasteiger partial charge is 0.219 e. The van der Waals surface area contributed by atoms with E-state index in [1.54, 1.807) is 0 Å². The Kier molecular flexibility index (Phi) is 4.40. The molecule has 1 heterocycles. The van der Waals surface area contributed by atoms with Gasteiger partial charge in [-0.3, -0.25) is 0 Å². The van der Waals surface area contributed by atoms with Crippen LogP contribution >= 0.6 is 0 Å². The normalized spacial score (nSPS) is 10.7. The lowest BCUT2D eigenvalue weighted by molar-refractivity contribution is 0.453. The molecule has 0 amide bonds. The predicted molar refractivity (Wildman–Crippen MR) is 82.5 cm³/mol. The van der Waals surface area contributed by atoms with E-state index >= 15 is 0 Å². The molecule has 1 aromatic heterocycles. The van der Waals surface area contributed by atoms with Gasteiger partial charge < -0.3 is 10.1 Å². The molecular weight excluding hydrogens is 248 g/mol. The third-order valence-corrected chi connectivity index (χ3v) is 3.45. The highest BCUT2D eigenvalue weighted by Crippen LogP contribution is 2.30. The Hall–Kier alpha value is -1.87. The van der Waals surface area contributed by atoms with Gasteiger partial charge in [0.15, 0.2) is 0 Å². The molecule has 0 saturated carbocycles. The number of nitrogens with zero attached hydrogens (tertiary/aromatic N) is 1. The zero-order valence-corrected chi connectivity index (χ0v) is 12.9. The summed E-state index contributed by atoms with van der Waals surface area (Å²) in [6, 6.07) is 8.26. The van der Waals surface area contributed by atoms with Gasteiger partial charge in [-0.05, 0) is 63.1 Å². The molecule has 0 unspecified atom stereocenters. The number of hydrogen-bond donors (Lipinski definition) is 1. The van der Waals surface area contributed by atoms with Crippen LogP contribution in [0.4, 0.5) is 0 Å². The second kappa shape index (κ2) is 6.06. The second-order valence-corrected chi connectivity index (χ2v) is 5.24. The molecule has 20 heavy (non-hydrogen) atoms. The van der Waals surface area contributed by atoms with Gasteiger partial charge in [-0.1, -0.05) is 12.1 Å². The fraction of sp³-hybridized carbons (Fsp3) is 0.353. The van der Waals surface area contributed by atoms with Gasteiger partial charge in [-0.15, -0.1) is 0 Å². The fourth-order valence-corrected chi connectivity index (χ4v) is 2.25. The number of hydrogen-bond acceptors (Lipinski definition) is 3. The van der Waals surface area contributed by atoms with E-state index in [4.69, 9.17) is 4.74 Å². The molecule has 0 saturated heterocycles. The lowest BCUT2D eigenvalue weighted by Gasteiger charge is -2.14. The van der Waals surface area contributed by atoms with Crippen molar-refractivity contribution < 1.29 is 4.74 Å². The molecule has 0 fully saturated rings. The molecular formula is C17H22N2O. The fourth-order valence-electron chi connectivity index (χ4n) is 2.25. The van der Waals surface area contributed by atoms with Crippen molar-refractivity contribution in [2.24, 2.45) is 0 Å². The van der Waals surface area contributed by atoms with E-state index in [1.807, 2.05) is 20.0 Å². The summed E-state index contributed by atoms with van der Waals surface area (Å²) < 4.78 is 6.05. The molecule has 1 aromatic carbocycles. The van der Waals surface area contributed by atoms with E-state index in [-0.39, 0.29) is 0 Å². The Morgan fingerprint density at radius 2 is 1.75 bits per heavy atom. The molecule has 0 aliphatic carbocycles. The molecule has 0 atom stereocenters. The quantitative estimate of drug-likeness (QED) is 0.917. The third-order valence-electron chi connectivity index (χ3n) is 3.45. The summed E-state index contributed by atoms with van der Waals surface area (Å²) in [5, 5.41) is 3.15. The zero-order valence-electron chi connectivity index (χ0n) is 12.9. The van der Waals surface area contributed by atoms with Crippen molar-refractivity contribution in [2.45, 2.75) is 34.2 Å². The highest BCUT2D eigenvalue weighted by atomic mass is 16.5. The van der Waals surface area contributed by atoms with Crippen LogP contribution in [0, 0.1) is 27.7 Å². The Morgan fingerprint density at radius 1 is 1.05 bits per heavy atom. The van der Waals surface area contributed by atoms with Crippen molar-refractivity contribution in [3.63, 3.8) is 0 Å². The average Bonchev–Trinajstić information content (AvgIpc) is 2.39. The zero-order chi connectivity index (χ0) is 14.7. The summed E-state index contributed by atoms with van der Waals surface area (Å²) >= 11 is 0. The Labute approximate surface area is 121 Å². The van der Waals surface area contributed by atoms with Crippen molar-refractivity contribution in [1.29, 1.82) is 0 Å². The first-order chi connectivity index (χ1) is 9.51. The molecule has 0 spiro atoms. The highest BCUT2D eigenvalue weighted by molar-refractivity contribution is 5.46. The van der Waals surface area contributed by atoms with Gasteiger partial charge in [0.05, 0.1) is 0 Å². The molecule has 2 aromatic rings. The van der Waals surface area contributed by atoms with Crippen LogP contribution < -0.4 is 10.1 Å². The van der Waals surface area contributed by atoms with Gasteiger partial charge in [0.1, 0.15) is 5.75 Å². The van der Waals surface area contributed by atoms with E-state index in [9.17, 15) is 0 Å². The van der Waals surface area contributed by atoms with Crippen molar-refractivity contribution in [3.8, 4) is 11.6 Å². The number of aromatic nitrogens is 1. The Bertz CT molecular complexity index is 621. The lowest BCUT2D eigenvalue weighted by atomic mass is 10.1. The number of aryl methyl sites for hydroxylation is 3. The maximum atomic E-state index is 6.05. The van der Waals surface area contributed by atoms with E-state index in [1.165, 1.54) is 16.7 Å². The largest absolute Gasteiger partial charge is 0.438 e. The number of benzene rings is 1. The number of pyridine rings is 1. The van der Waals surface area contributed by atoms with Crippen LogP contribution in [0.25, 0.3) is 0 Å². The van der Waals surface area contributed by atoms with Crippen LogP contribution in [-0.2, 0) is 6.54 Å². The maximum Gasteiger partial charge on any atom is 0.219 e. The monoisotopic (exact) mass is 270 g/mol. The summed E-state index contributed by atoms with van der Waals surface area (Å²) in [5.41, 5.74) is 5.68. The summed E-state index contributed by atoms with van der Waals surface area (Å²) in [6.07, 6.45) is 0. The van der Waals surface area contributed by atoms with E-state index in [0.717, 1.165) is 23.6 Å². The van der Waals surface area contributed by atoms with Crippen LogP contribution in [0.15, 0.2) is 24.3 Å². The first kappa shape index (κ1) is 14.5. The minimum atomic E-state index is 0.659. The highest BCUT2D eigenvalue weighted by Gasteiger charge is 2.09. The minimum Gasteiger partial charge on any atom is -0.438 e. The summed E-state index contributed by atoms with van der Waals surface area (Å²) in [4.78, 5) is 4.47. The van der Waals surface area contributed by atoms with Crippen LogP contribution in [-0.4, -0.2) is 12.0 Å². The van der Waals surface area contributed by atoms with Gasteiger partial charge in [-0.2, -0.15) is 0 Å². The Balaban J connectivity index is 2.37. The molecule has 3 heteroatoms. The van der Waals surface area contributed by atoms with Gasteiger partial charge in [0.25, 0.3) is 0 Å². The molecule has 1 N–H and O–H groups in total. The molecule has 2 rings (SSSR count). The second-order valence-electron chi connectivity index (χ2n) is 5.24. The number of ether oxygens (including phenoxy) is 1. The molecule has 0 radical (unpaired) electrons. The van der Waals surface area contributed by atoms with E-state index in [2.05, 4.69) is 49.3 Å². The van der Waals surface area contributed by atoms with Crippen molar-refractivity contribution >= 4 is 0 Å². The molecule has 3 nitrogen and oxygen atoms in total. The average molecular weight is 270 g/mol. The summed E-state index contributed by atoms with van der Waals surface area (Å²) in [5.74, 6) is 1.57. The lowest BCUT2D eigenvalue weighted by Crippen LogP contribution is -2.06. The number of rotatable bonds is 4. The third kappa shape index (κ3) is 3.17. The van der Waals surface area contributed by atoms with Gasteiger partial charge >= 0.3 is 0 Å². The van der Waals surface area contributed by atoms with E-state index < -0.39 is 0 Å². The Morgan fingerprint density at radius 3 is 2.45 bits per heavy atom. The van der Waals surface area contributed by atoms with Crippen LogP contribution in [0.1, 0.15) is 27.9 Å². The first-order valence-electron chi connectivity index (χ1n) is 6.88. The van der Waals surface area contributed by atoms with E-state index in [0.29, 0.717) is 5.88 Å². The van der Waals surface area contributed by atoms with Gasteiger partial charge in [0.2, 0.25) is 5.88 Å². The topological polar surface area (TPSA) is 34.2 Å². The standard InChI is InChI=1S/C17H22N2O/c1-11-6-7-12(2)17(14(11)4)20-16-9-15(10-18-5)8-13(3)19-16/h6-9,18H,10H2,1-5H3. The maximum absolute atomic E-state index is 6.05. The van der Waals surface area contributed by atoms with Crippen LogP contribution in [0.5, 0.6) is 11.6 Å².